The Labute approximate surface area is 159 Å². The zero-order chi connectivity index (χ0) is 0. The first-order valence-electron chi connectivity index (χ1n) is 0. The standard InChI is InChI=1S/B.Co.Cr.Nd.Pt.Re.Tb. The van der Waals surface area contributed by atoms with Crippen LogP contribution in [0.1, 0.15) is 0 Å². The molecule has 0 aliphatic rings. The minimum Gasteiger partial charge on any atom is 0 e. The third-order valence-electron chi connectivity index (χ3n) is 0. The van der Waals surface area contributed by atoms with Gasteiger partial charge < -0.3 is 0 Å². The molecule has 0 aliphatic carbocycles. The minimum absolute atomic E-state index is 0. The van der Waals surface area contributed by atoms with Crippen LogP contribution in [0.15, 0.2) is 0 Å². The van der Waals surface area contributed by atoms with Crippen LogP contribution in [0.2, 0.25) is 0 Å². The summed E-state index contributed by atoms with van der Waals surface area (Å²) in [5, 5.41) is 0. The van der Waals surface area contributed by atoms with E-state index in [1.807, 2.05) is 0 Å². The van der Waals surface area contributed by atoms with Crippen molar-refractivity contribution in [2.24, 2.45) is 0 Å². The second-order valence-electron chi connectivity index (χ2n) is 0. The van der Waals surface area contributed by atoms with E-state index in [9.17, 15) is 0 Å². The summed E-state index contributed by atoms with van der Waals surface area (Å²) in [5.41, 5.74) is 0. The molecule has 0 nitrogen and oxygen atoms in total. The van der Waals surface area contributed by atoms with Gasteiger partial charge in [0.2, 0.25) is 0 Å². The summed E-state index contributed by atoms with van der Waals surface area (Å²) in [7, 11) is 0. The molecule has 0 saturated heterocycles. The van der Waals surface area contributed by atoms with Crippen LogP contribution in [0.25, 0.3) is 0 Å². The Morgan fingerprint density at radius 1 is 1.00 bits per heavy atom. The van der Waals surface area contributed by atoms with Crippen LogP contribution in [0.3, 0.4) is 0 Å². The van der Waals surface area contributed by atoms with Gasteiger partial charge in [0.25, 0.3) is 0 Å². The Morgan fingerprint density at radius 2 is 1.00 bits per heavy atom. The quantitative estimate of drug-likeness (QED) is 0.293. The summed E-state index contributed by atoms with van der Waals surface area (Å²) in [4.78, 5) is 0. The van der Waals surface area contributed by atoms with Gasteiger partial charge in [-0.1, -0.05) is 0 Å². The fourth-order valence-corrected chi connectivity index (χ4v) is 0. The Hall–Kier alpha value is 5.09. The van der Waals surface area contributed by atoms with Crippen molar-refractivity contribution in [3.8, 4) is 0 Å². The van der Waals surface area contributed by atoms with E-state index >= 15 is 0 Å². The van der Waals surface area contributed by atoms with E-state index in [1.54, 1.807) is 0 Å². The third kappa shape index (κ3) is 35.4. The Bertz CT molecular complexity index is 19.7. The van der Waals surface area contributed by atoms with Gasteiger partial charge in [-0.15, -0.1) is 0 Å². The van der Waals surface area contributed by atoms with Crippen molar-refractivity contribution in [1.29, 1.82) is 0 Å². The number of hydrogen-bond acceptors (Lipinski definition) is 0. The normalized spacial score (nSPS) is 0. The molecular formula is BCoCrNdPtReTb. The number of rotatable bonds is 0. The largest absolute Gasteiger partial charge is 0 e. The predicted molar refractivity (Wildman–Crippen MR) is 5.75 cm³/mol. The summed E-state index contributed by atoms with van der Waals surface area (Å²) in [6.07, 6.45) is 0. The third-order valence-corrected chi connectivity index (χ3v) is 0. The maximum atomic E-state index is 0. The summed E-state index contributed by atoms with van der Waals surface area (Å²) in [5.74, 6) is 0. The Morgan fingerprint density at radius 3 is 1.00 bits per heavy atom. The summed E-state index contributed by atoms with van der Waals surface area (Å²) >= 11 is 0. The second kappa shape index (κ2) is 43.6. The van der Waals surface area contributed by atoms with Crippen molar-refractivity contribution < 1.29 is 155 Å². The van der Waals surface area contributed by atoms with E-state index in [4.69, 9.17) is 0 Å². The van der Waals surface area contributed by atoms with Gasteiger partial charge in [-0.2, -0.15) is 0 Å². The van der Waals surface area contributed by atoms with Crippen LogP contribution in [0.4, 0.5) is 0 Å². The van der Waals surface area contributed by atoms with Crippen molar-refractivity contribution in [1.82, 2.24) is 0 Å². The average molecular weight is 806 g/mol. The minimum atomic E-state index is 0. The first-order chi connectivity index (χ1) is 0. The monoisotopic (exact) mass is 805 g/mol. The van der Waals surface area contributed by atoms with E-state index in [-0.39, 0.29) is 163 Å². The molecule has 0 fully saturated rings. The van der Waals surface area contributed by atoms with Crippen LogP contribution in [0.5, 0.6) is 0 Å². The fraction of sp³-hybridized carbons (Fsp3) is 0. The molecule has 0 aromatic carbocycles. The topological polar surface area (TPSA) is 0 Å². The maximum Gasteiger partial charge on any atom is 0 e. The van der Waals surface area contributed by atoms with Crippen molar-refractivity contribution in [3.05, 3.63) is 0 Å². The zero-order valence-electron chi connectivity index (χ0n) is 2.85. The molecule has 48 valence electrons. The molecule has 0 rings (SSSR count). The molecule has 0 N–H and O–H groups in total. The average Bonchev–Trinajstić information content (AvgIpc) is 0. The molecule has 7 heavy (non-hydrogen) atoms. The predicted octanol–water partition coefficient (Wildman–Crippen LogP) is -0.391. The van der Waals surface area contributed by atoms with E-state index in [0.717, 1.165) is 0 Å². The molecule has 0 aliphatic heterocycles. The summed E-state index contributed by atoms with van der Waals surface area (Å²) in [6, 6.07) is 0. The second-order valence-corrected chi connectivity index (χ2v) is 0. The van der Waals surface area contributed by atoms with Gasteiger partial charge >= 0.3 is 0 Å². The number of hydrogen-bond donors (Lipinski definition) is 0. The van der Waals surface area contributed by atoms with Crippen LogP contribution in [0, 0.1) is 79.5 Å². The Kier molecular flexibility index (Phi) is 357. The smallest absolute Gasteiger partial charge is 0 e. The molecule has 6 radical (unpaired) electrons. The van der Waals surface area contributed by atoms with Crippen LogP contribution < -0.4 is 0 Å². The molecule has 0 saturated carbocycles. The van der Waals surface area contributed by atoms with Gasteiger partial charge in [0.1, 0.15) is 0 Å². The molecule has 0 aromatic heterocycles. The fourth-order valence-electron chi connectivity index (χ4n) is 0. The van der Waals surface area contributed by atoms with E-state index in [0.29, 0.717) is 0 Å². The SMILES string of the molecule is [B].[Co].[Cr].[Nd].[Pt].[Re].[Tb]. The first kappa shape index (κ1) is 57.4. The van der Waals surface area contributed by atoms with Crippen molar-refractivity contribution in [3.63, 3.8) is 0 Å². The van der Waals surface area contributed by atoms with E-state index in [1.165, 1.54) is 0 Å². The van der Waals surface area contributed by atoms with Crippen LogP contribution in [-0.4, -0.2) is 8.41 Å². The molecule has 0 spiro atoms. The summed E-state index contributed by atoms with van der Waals surface area (Å²) in [6.45, 7) is 0. The molecule has 0 amide bonds. The maximum absolute atomic E-state index is 0. The molecular weight excluding hydrogens is 806 g/mol. The molecule has 7 heteroatoms. The molecule has 0 bridgehead atoms. The summed E-state index contributed by atoms with van der Waals surface area (Å²) < 4.78 is 0. The Balaban J connectivity index is 0. The molecule has 0 heterocycles. The molecule has 0 aromatic rings. The van der Waals surface area contributed by atoms with Gasteiger partial charge in [0.15, 0.2) is 0 Å². The first-order valence-corrected chi connectivity index (χ1v) is 0. The van der Waals surface area contributed by atoms with E-state index < -0.39 is 0 Å². The van der Waals surface area contributed by atoms with Gasteiger partial charge in [-0.25, -0.2) is 0 Å². The van der Waals surface area contributed by atoms with E-state index in [2.05, 4.69) is 0 Å². The van der Waals surface area contributed by atoms with Crippen LogP contribution in [-0.2, 0) is 75.6 Å². The van der Waals surface area contributed by atoms with Crippen molar-refractivity contribution in [2.45, 2.75) is 0 Å². The van der Waals surface area contributed by atoms with Gasteiger partial charge in [0, 0.05) is 163 Å². The van der Waals surface area contributed by atoms with Gasteiger partial charge in [-0.05, 0) is 0 Å². The molecule has 0 atom stereocenters. The van der Waals surface area contributed by atoms with Crippen molar-refractivity contribution >= 4 is 8.41 Å². The van der Waals surface area contributed by atoms with Gasteiger partial charge in [-0.3, -0.25) is 0 Å². The zero-order valence-corrected chi connectivity index (χ0v) is 15.5. The van der Waals surface area contributed by atoms with Crippen LogP contribution >= 0.6 is 0 Å². The molecule has 0 unspecified atom stereocenters. The van der Waals surface area contributed by atoms with Gasteiger partial charge in [0.05, 0.1) is 0 Å². The van der Waals surface area contributed by atoms with Crippen molar-refractivity contribution in [2.75, 3.05) is 0 Å².